The van der Waals surface area contributed by atoms with Crippen LogP contribution >= 0.6 is 23.4 Å². The molecule has 2 rings (SSSR count). The molecule has 0 saturated carbocycles. The van der Waals surface area contributed by atoms with Crippen molar-refractivity contribution in [3.63, 3.8) is 0 Å². The molecule has 0 fully saturated rings. The first kappa shape index (κ1) is 20.9. The largest absolute Gasteiger partial charge is 0.379 e. The minimum Gasteiger partial charge on any atom is -0.379 e. The Hall–Kier alpha value is -1.45. The molecule has 2 aromatic carbocycles. The predicted octanol–water partition coefficient (Wildman–Crippen LogP) is 6.69. The summed E-state index contributed by atoms with van der Waals surface area (Å²) in [6, 6.07) is 18.6. The van der Waals surface area contributed by atoms with Gasteiger partial charge in [-0.15, -0.1) is 0 Å². The molecule has 2 nitrogen and oxygen atoms in total. The molecule has 0 aliphatic rings. The van der Waals surface area contributed by atoms with E-state index in [0.29, 0.717) is 5.17 Å². The predicted molar refractivity (Wildman–Crippen MR) is 117 cm³/mol. The molecule has 0 saturated heterocycles. The number of hydrogen-bond donors (Lipinski definition) is 1. The van der Waals surface area contributed by atoms with Gasteiger partial charge in [-0.3, -0.25) is 4.99 Å². The van der Waals surface area contributed by atoms with Crippen LogP contribution in [0.3, 0.4) is 0 Å². The summed E-state index contributed by atoms with van der Waals surface area (Å²) < 4.78 is 0. The Morgan fingerprint density at radius 1 is 0.962 bits per heavy atom. The molecule has 140 valence electrons. The third kappa shape index (κ3) is 7.05. The maximum atomic E-state index is 6.30. The second-order valence-corrected chi connectivity index (χ2v) is 8.66. The SMILES string of the molecule is CC(C)CCC[C@H](C)N=C(N)S[C@H](c1ccccc1)c1ccc(Cl)cc1. The molecular formula is C22H29ClN2S. The Morgan fingerprint density at radius 3 is 2.19 bits per heavy atom. The van der Waals surface area contributed by atoms with Gasteiger partial charge < -0.3 is 5.73 Å². The van der Waals surface area contributed by atoms with Crippen molar-refractivity contribution in [3.8, 4) is 0 Å². The van der Waals surface area contributed by atoms with E-state index in [4.69, 9.17) is 22.3 Å². The van der Waals surface area contributed by atoms with Gasteiger partial charge in [0.15, 0.2) is 5.17 Å². The average Bonchev–Trinajstić information content (AvgIpc) is 2.61. The van der Waals surface area contributed by atoms with Crippen molar-refractivity contribution in [2.45, 2.75) is 51.3 Å². The average molecular weight is 389 g/mol. The van der Waals surface area contributed by atoms with Gasteiger partial charge in [0, 0.05) is 11.1 Å². The number of amidine groups is 1. The maximum Gasteiger partial charge on any atom is 0.155 e. The number of benzene rings is 2. The summed E-state index contributed by atoms with van der Waals surface area (Å²) in [5, 5.41) is 1.50. The van der Waals surface area contributed by atoms with Crippen molar-refractivity contribution in [3.05, 3.63) is 70.7 Å². The molecule has 0 aliphatic heterocycles. The van der Waals surface area contributed by atoms with E-state index in [1.165, 1.54) is 24.0 Å². The summed E-state index contributed by atoms with van der Waals surface area (Å²) in [6.07, 6.45) is 3.51. The minimum absolute atomic E-state index is 0.111. The number of hydrogen-bond acceptors (Lipinski definition) is 2. The molecule has 0 radical (unpaired) electrons. The smallest absolute Gasteiger partial charge is 0.155 e. The van der Waals surface area contributed by atoms with Crippen LogP contribution in [0.1, 0.15) is 56.4 Å². The maximum absolute atomic E-state index is 6.30. The standard InChI is InChI=1S/C22H29ClN2S/c1-16(2)8-7-9-17(3)25-22(24)26-21(18-10-5-4-6-11-18)19-12-14-20(23)15-13-19/h4-6,10-17,21H,7-9H2,1-3H3,(H2,24,25)/t17-,21+/m0/s1. The quantitative estimate of drug-likeness (QED) is 0.404. The third-order valence-electron chi connectivity index (χ3n) is 4.26. The lowest BCUT2D eigenvalue weighted by atomic mass is 10.0. The molecule has 0 aromatic heterocycles. The molecule has 0 unspecified atom stereocenters. The zero-order valence-electron chi connectivity index (χ0n) is 15.9. The van der Waals surface area contributed by atoms with Crippen molar-refractivity contribution >= 4 is 28.5 Å². The van der Waals surface area contributed by atoms with Crippen molar-refractivity contribution in [1.29, 1.82) is 0 Å². The highest BCUT2D eigenvalue weighted by Gasteiger charge is 2.17. The molecule has 0 amide bonds. The lowest BCUT2D eigenvalue weighted by Gasteiger charge is -2.18. The van der Waals surface area contributed by atoms with Crippen LogP contribution in [0.15, 0.2) is 59.6 Å². The fraction of sp³-hybridized carbons (Fsp3) is 0.409. The lowest BCUT2D eigenvalue weighted by molar-refractivity contribution is 0.512. The first-order chi connectivity index (χ1) is 12.5. The molecule has 2 N–H and O–H groups in total. The normalized spacial score (nSPS) is 14.4. The van der Waals surface area contributed by atoms with E-state index in [2.05, 4.69) is 57.2 Å². The second kappa shape index (κ2) is 10.6. The van der Waals surface area contributed by atoms with E-state index in [-0.39, 0.29) is 11.3 Å². The number of aliphatic imine (C=N–C) groups is 1. The van der Waals surface area contributed by atoms with Crippen LogP contribution in [0.4, 0.5) is 0 Å². The molecule has 26 heavy (non-hydrogen) atoms. The van der Waals surface area contributed by atoms with Gasteiger partial charge in [0.1, 0.15) is 0 Å². The summed E-state index contributed by atoms with van der Waals surface area (Å²) in [7, 11) is 0. The van der Waals surface area contributed by atoms with Crippen LogP contribution in [0.25, 0.3) is 0 Å². The first-order valence-corrected chi connectivity index (χ1v) is 10.5. The summed E-state index contributed by atoms with van der Waals surface area (Å²) in [4.78, 5) is 4.71. The van der Waals surface area contributed by atoms with Gasteiger partial charge in [0.2, 0.25) is 0 Å². The van der Waals surface area contributed by atoms with E-state index >= 15 is 0 Å². The summed E-state index contributed by atoms with van der Waals surface area (Å²) in [6.45, 7) is 6.66. The third-order valence-corrected chi connectivity index (χ3v) is 5.64. The van der Waals surface area contributed by atoms with Gasteiger partial charge in [-0.1, -0.05) is 92.5 Å². The van der Waals surface area contributed by atoms with Gasteiger partial charge in [0.05, 0.1) is 5.25 Å². The molecule has 0 spiro atoms. The van der Waals surface area contributed by atoms with Crippen molar-refractivity contribution in [2.75, 3.05) is 0 Å². The van der Waals surface area contributed by atoms with Crippen molar-refractivity contribution in [1.82, 2.24) is 0 Å². The summed E-state index contributed by atoms with van der Waals surface area (Å²) >= 11 is 7.66. The number of nitrogens with two attached hydrogens (primary N) is 1. The Balaban J connectivity index is 2.11. The van der Waals surface area contributed by atoms with E-state index in [9.17, 15) is 0 Å². The van der Waals surface area contributed by atoms with Gasteiger partial charge in [-0.05, 0) is 42.5 Å². The number of nitrogens with zero attached hydrogens (tertiary/aromatic N) is 1. The first-order valence-electron chi connectivity index (χ1n) is 9.26. The van der Waals surface area contributed by atoms with Crippen LogP contribution in [-0.4, -0.2) is 11.2 Å². The van der Waals surface area contributed by atoms with Crippen LogP contribution in [-0.2, 0) is 0 Å². The highest BCUT2D eigenvalue weighted by Crippen LogP contribution is 2.36. The topological polar surface area (TPSA) is 38.4 Å². The van der Waals surface area contributed by atoms with E-state index in [1.807, 2.05) is 18.2 Å². The zero-order valence-corrected chi connectivity index (χ0v) is 17.4. The van der Waals surface area contributed by atoms with E-state index < -0.39 is 0 Å². The monoisotopic (exact) mass is 388 g/mol. The van der Waals surface area contributed by atoms with Crippen LogP contribution < -0.4 is 5.73 Å². The van der Waals surface area contributed by atoms with Crippen LogP contribution in [0.2, 0.25) is 5.02 Å². The minimum atomic E-state index is 0.111. The molecule has 0 bridgehead atoms. The molecule has 4 heteroatoms. The van der Waals surface area contributed by atoms with E-state index in [0.717, 1.165) is 17.4 Å². The van der Waals surface area contributed by atoms with Gasteiger partial charge in [-0.2, -0.15) is 0 Å². The molecule has 2 atom stereocenters. The summed E-state index contributed by atoms with van der Waals surface area (Å²) in [5.41, 5.74) is 8.69. The zero-order chi connectivity index (χ0) is 18.9. The summed E-state index contributed by atoms with van der Waals surface area (Å²) in [5.74, 6) is 0.741. The van der Waals surface area contributed by atoms with Crippen LogP contribution in [0, 0.1) is 5.92 Å². The Kier molecular flexibility index (Phi) is 8.53. The Labute approximate surface area is 167 Å². The fourth-order valence-electron chi connectivity index (χ4n) is 2.85. The van der Waals surface area contributed by atoms with E-state index in [1.54, 1.807) is 11.8 Å². The Morgan fingerprint density at radius 2 is 1.58 bits per heavy atom. The molecule has 0 aliphatic carbocycles. The molecule has 0 heterocycles. The fourth-order valence-corrected chi connectivity index (χ4v) is 4.04. The lowest BCUT2D eigenvalue weighted by Crippen LogP contribution is -2.14. The number of rotatable bonds is 8. The van der Waals surface area contributed by atoms with Gasteiger partial charge in [-0.25, -0.2) is 0 Å². The number of thioether (sulfide) groups is 1. The highest BCUT2D eigenvalue weighted by atomic mass is 35.5. The van der Waals surface area contributed by atoms with Gasteiger partial charge >= 0.3 is 0 Å². The van der Waals surface area contributed by atoms with Crippen LogP contribution in [0.5, 0.6) is 0 Å². The van der Waals surface area contributed by atoms with Crippen molar-refractivity contribution in [2.24, 2.45) is 16.6 Å². The second-order valence-electron chi connectivity index (χ2n) is 7.10. The highest BCUT2D eigenvalue weighted by molar-refractivity contribution is 8.14. The van der Waals surface area contributed by atoms with Crippen molar-refractivity contribution < 1.29 is 0 Å². The Bertz CT molecular complexity index is 683. The number of halogens is 1. The molecule has 2 aromatic rings. The molecular weight excluding hydrogens is 360 g/mol. The van der Waals surface area contributed by atoms with Gasteiger partial charge in [0.25, 0.3) is 0 Å².